The maximum atomic E-state index is 13.9. The number of hydrogen-bond acceptors (Lipinski definition) is 2. The smallest absolute Gasteiger partial charge is 0.129 e. The van der Waals surface area contributed by atoms with Crippen LogP contribution in [0.4, 0.5) is 4.39 Å². The average molecular weight is 284 g/mol. The van der Waals surface area contributed by atoms with Crippen LogP contribution in [-0.2, 0) is 19.1 Å². The van der Waals surface area contributed by atoms with Crippen LogP contribution in [0.15, 0.2) is 48.5 Å². The molecule has 21 heavy (non-hydrogen) atoms. The molecule has 3 nitrogen and oxygen atoms in total. The lowest BCUT2D eigenvalue weighted by Crippen LogP contribution is -2.27. The number of benzene rings is 2. The highest BCUT2D eigenvalue weighted by atomic mass is 19.1. The minimum absolute atomic E-state index is 0.249. The maximum absolute atomic E-state index is 13.9. The van der Waals surface area contributed by atoms with Gasteiger partial charge in [0, 0.05) is 19.0 Å². The van der Waals surface area contributed by atoms with Crippen LogP contribution in [0, 0.1) is 5.82 Å². The van der Waals surface area contributed by atoms with Crippen LogP contribution in [0.2, 0.25) is 0 Å². The molecule has 108 valence electrons. The summed E-state index contributed by atoms with van der Waals surface area (Å²) < 4.78 is 15.8. The Balaban J connectivity index is 2.01. The third-order valence-corrected chi connectivity index (χ3v) is 3.84. The van der Waals surface area contributed by atoms with E-state index in [-0.39, 0.29) is 12.0 Å². The molecule has 0 saturated heterocycles. The molecule has 1 N–H and O–H groups in total. The van der Waals surface area contributed by atoms with Crippen molar-refractivity contribution in [1.82, 2.24) is 9.55 Å². The van der Waals surface area contributed by atoms with Crippen molar-refractivity contribution in [2.24, 2.45) is 7.05 Å². The van der Waals surface area contributed by atoms with Crippen LogP contribution in [0.5, 0.6) is 0 Å². The number of aryl methyl sites for hydroxylation is 1. The zero-order valence-electron chi connectivity index (χ0n) is 12.0. The van der Waals surface area contributed by atoms with Crippen LogP contribution >= 0.6 is 0 Å². The Morgan fingerprint density at radius 2 is 1.81 bits per heavy atom. The van der Waals surface area contributed by atoms with Gasteiger partial charge in [-0.15, -0.1) is 0 Å². The highest BCUT2D eigenvalue weighted by Crippen LogP contribution is 2.28. The lowest BCUT2D eigenvalue weighted by atomic mass is 9.92. The van der Waals surface area contributed by atoms with Crippen molar-refractivity contribution in [2.75, 3.05) is 0 Å². The van der Waals surface area contributed by atoms with E-state index in [9.17, 15) is 9.50 Å². The molecule has 0 radical (unpaired) electrons. The molecule has 0 spiro atoms. The highest BCUT2D eigenvalue weighted by molar-refractivity contribution is 5.75. The van der Waals surface area contributed by atoms with Crippen LogP contribution in [0.3, 0.4) is 0 Å². The van der Waals surface area contributed by atoms with E-state index in [1.165, 1.54) is 6.07 Å². The van der Waals surface area contributed by atoms with Crippen molar-refractivity contribution in [2.45, 2.75) is 18.9 Å². The van der Waals surface area contributed by atoms with E-state index in [2.05, 4.69) is 4.98 Å². The quantitative estimate of drug-likeness (QED) is 0.802. The molecule has 0 aliphatic heterocycles. The second-order valence-corrected chi connectivity index (χ2v) is 5.51. The molecule has 3 aromatic rings. The van der Waals surface area contributed by atoms with E-state index in [1.54, 1.807) is 25.1 Å². The largest absolute Gasteiger partial charge is 0.385 e. The summed E-state index contributed by atoms with van der Waals surface area (Å²) in [5.74, 6) is 0.325. The molecule has 0 aliphatic rings. The zero-order chi connectivity index (χ0) is 15.0. The molecular formula is C17H17FN2O. The fourth-order valence-corrected chi connectivity index (χ4v) is 2.65. The SMILES string of the molecule is Cn1c(CC(C)(O)c2ccccc2F)nc2ccccc21. The molecule has 0 saturated carbocycles. The molecule has 1 atom stereocenters. The predicted octanol–water partition coefficient (Wildman–Crippen LogP) is 3.16. The van der Waals surface area contributed by atoms with Gasteiger partial charge in [0.1, 0.15) is 11.6 Å². The first-order valence-electron chi connectivity index (χ1n) is 6.87. The minimum Gasteiger partial charge on any atom is -0.385 e. The number of para-hydroxylation sites is 2. The minimum atomic E-state index is -1.31. The summed E-state index contributed by atoms with van der Waals surface area (Å²) in [4.78, 5) is 4.53. The predicted molar refractivity (Wildman–Crippen MR) is 80.4 cm³/mol. The molecule has 0 amide bonds. The van der Waals surface area contributed by atoms with Gasteiger partial charge < -0.3 is 9.67 Å². The van der Waals surface area contributed by atoms with Crippen molar-refractivity contribution < 1.29 is 9.50 Å². The Labute approximate surface area is 122 Å². The number of aliphatic hydroxyl groups is 1. The zero-order valence-corrected chi connectivity index (χ0v) is 12.0. The van der Waals surface area contributed by atoms with Gasteiger partial charge in [-0.1, -0.05) is 30.3 Å². The summed E-state index contributed by atoms with van der Waals surface area (Å²) in [5, 5.41) is 10.7. The molecule has 0 aliphatic carbocycles. The monoisotopic (exact) mass is 284 g/mol. The van der Waals surface area contributed by atoms with Crippen molar-refractivity contribution in [3.63, 3.8) is 0 Å². The number of rotatable bonds is 3. The number of nitrogens with zero attached hydrogens (tertiary/aromatic N) is 2. The summed E-state index contributed by atoms with van der Waals surface area (Å²) in [7, 11) is 1.90. The van der Waals surface area contributed by atoms with Gasteiger partial charge in [0.05, 0.1) is 16.6 Å². The summed E-state index contributed by atoms with van der Waals surface area (Å²) in [6.45, 7) is 1.62. The molecule has 1 unspecified atom stereocenters. The maximum Gasteiger partial charge on any atom is 0.129 e. The first-order chi connectivity index (χ1) is 9.99. The molecule has 1 aromatic heterocycles. The van der Waals surface area contributed by atoms with Gasteiger partial charge in [-0.25, -0.2) is 9.37 Å². The fraction of sp³-hybridized carbons (Fsp3) is 0.235. The Hall–Kier alpha value is -2.20. The van der Waals surface area contributed by atoms with E-state index < -0.39 is 11.4 Å². The van der Waals surface area contributed by atoms with Gasteiger partial charge in [0.15, 0.2) is 0 Å². The lowest BCUT2D eigenvalue weighted by molar-refractivity contribution is 0.0511. The van der Waals surface area contributed by atoms with E-state index in [0.29, 0.717) is 0 Å². The Kier molecular flexibility index (Phi) is 3.26. The standard InChI is InChI=1S/C17H17FN2O/c1-17(21,12-7-3-4-8-13(12)18)11-16-19-14-9-5-6-10-15(14)20(16)2/h3-10,21H,11H2,1-2H3. The molecule has 1 heterocycles. The Bertz CT molecular complexity index is 792. The molecule has 0 bridgehead atoms. The second-order valence-electron chi connectivity index (χ2n) is 5.51. The second kappa shape index (κ2) is 4.97. The fourth-order valence-electron chi connectivity index (χ4n) is 2.65. The number of fused-ring (bicyclic) bond motifs is 1. The Morgan fingerprint density at radius 1 is 1.14 bits per heavy atom. The summed E-state index contributed by atoms with van der Waals surface area (Å²) in [6, 6.07) is 14.1. The summed E-state index contributed by atoms with van der Waals surface area (Å²) >= 11 is 0. The normalized spacial score (nSPS) is 14.3. The number of aromatic nitrogens is 2. The molecular weight excluding hydrogens is 267 g/mol. The van der Waals surface area contributed by atoms with Crippen molar-refractivity contribution in [1.29, 1.82) is 0 Å². The third kappa shape index (κ3) is 2.43. The number of halogens is 1. The van der Waals surface area contributed by atoms with E-state index in [1.807, 2.05) is 35.9 Å². The van der Waals surface area contributed by atoms with Crippen LogP contribution < -0.4 is 0 Å². The highest BCUT2D eigenvalue weighted by Gasteiger charge is 2.28. The Morgan fingerprint density at radius 3 is 2.52 bits per heavy atom. The average Bonchev–Trinajstić information content (AvgIpc) is 2.76. The van der Waals surface area contributed by atoms with Gasteiger partial charge in [-0.3, -0.25) is 0 Å². The van der Waals surface area contributed by atoms with E-state index in [4.69, 9.17) is 0 Å². The van der Waals surface area contributed by atoms with Crippen molar-refractivity contribution in [3.8, 4) is 0 Å². The van der Waals surface area contributed by atoms with Crippen LogP contribution in [0.25, 0.3) is 11.0 Å². The van der Waals surface area contributed by atoms with Gasteiger partial charge in [-0.2, -0.15) is 0 Å². The van der Waals surface area contributed by atoms with Gasteiger partial charge in [0.25, 0.3) is 0 Å². The molecule has 2 aromatic carbocycles. The lowest BCUT2D eigenvalue weighted by Gasteiger charge is -2.24. The third-order valence-electron chi connectivity index (χ3n) is 3.84. The molecule has 4 heteroatoms. The first-order valence-corrected chi connectivity index (χ1v) is 6.87. The van der Waals surface area contributed by atoms with Gasteiger partial charge in [-0.05, 0) is 25.1 Å². The molecule has 3 rings (SSSR count). The summed E-state index contributed by atoms with van der Waals surface area (Å²) in [6.07, 6.45) is 0.249. The topological polar surface area (TPSA) is 38.0 Å². The first kappa shape index (κ1) is 13.8. The van der Waals surface area contributed by atoms with Crippen molar-refractivity contribution in [3.05, 3.63) is 65.7 Å². The van der Waals surface area contributed by atoms with Gasteiger partial charge >= 0.3 is 0 Å². The van der Waals surface area contributed by atoms with Crippen molar-refractivity contribution >= 4 is 11.0 Å². The van der Waals surface area contributed by atoms with E-state index >= 15 is 0 Å². The molecule has 0 fully saturated rings. The number of hydrogen-bond donors (Lipinski definition) is 1. The van der Waals surface area contributed by atoms with Gasteiger partial charge in [0.2, 0.25) is 0 Å². The van der Waals surface area contributed by atoms with Crippen LogP contribution in [0.1, 0.15) is 18.3 Å². The van der Waals surface area contributed by atoms with Crippen LogP contribution in [-0.4, -0.2) is 14.7 Å². The number of imidazole rings is 1. The summed E-state index contributed by atoms with van der Waals surface area (Å²) in [5.41, 5.74) is 0.855. The van der Waals surface area contributed by atoms with E-state index in [0.717, 1.165) is 16.9 Å².